The van der Waals surface area contributed by atoms with Crippen LogP contribution < -0.4 is 5.32 Å². The van der Waals surface area contributed by atoms with Crippen LogP contribution in [-0.4, -0.2) is 17.6 Å². The normalized spacial score (nSPS) is 11.0. The molecule has 2 aromatic rings. The molecule has 2 nitrogen and oxygen atoms in total. The van der Waals surface area contributed by atoms with Crippen LogP contribution >= 0.6 is 11.3 Å². The van der Waals surface area contributed by atoms with E-state index < -0.39 is 0 Å². The molecule has 0 saturated heterocycles. The maximum Gasteiger partial charge on any atom is 0.0843 e. The Morgan fingerprint density at radius 2 is 2.00 bits per heavy atom. The van der Waals surface area contributed by atoms with Crippen LogP contribution in [0.4, 0.5) is 0 Å². The molecule has 0 bridgehead atoms. The first kappa shape index (κ1) is 12.3. The van der Waals surface area contributed by atoms with Gasteiger partial charge in [-0.2, -0.15) is 0 Å². The van der Waals surface area contributed by atoms with Crippen molar-refractivity contribution in [2.24, 2.45) is 0 Å². The number of rotatable bonds is 5. The number of nitrogens with zero attached hydrogens (tertiary/aromatic N) is 1. The third kappa shape index (κ3) is 3.38. The minimum absolute atomic E-state index is 0.545. The smallest absolute Gasteiger partial charge is 0.0843 e. The van der Waals surface area contributed by atoms with Crippen LogP contribution in [0, 0.1) is 0 Å². The molecule has 1 N–H and O–H groups in total. The van der Waals surface area contributed by atoms with Crippen LogP contribution in [0.5, 0.6) is 0 Å². The zero-order valence-corrected chi connectivity index (χ0v) is 11.1. The summed E-state index contributed by atoms with van der Waals surface area (Å²) in [5.74, 6) is 0. The largest absolute Gasteiger partial charge is 0.314 e. The lowest BCUT2D eigenvalue weighted by Gasteiger charge is -2.07. The highest BCUT2D eigenvalue weighted by Gasteiger charge is 2.07. The van der Waals surface area contributed by atoms with E-state index >= 15 is 0 Å². The average Bonchev–Trinajstić information content (AvgIpc) is 2.78. The van der Waals surface area contributed by atoms with Gasteiger partial charge in [0.1, 0.15) is 0 Å². The molecule has 0 atom stereocenters. The summed E-state index contributed by atoms with van der Waals surface area (Å²) >= 11 is 1.74. The molecule has 0 unspecified atom stereocenters. The summed E-state index contributed by atoms with van der Waals surface area (Å²) in [6.45, 7) is 5.36. The van der Waals surface area contributed by atoms with Crippen LogP contribution in [0.1, 0.15) is 18.7 Å². The van der Waals surface area contributed by atoms with Gasteiger partial charge in [0, 0.05) is 23.0 Å². The molecular formula is C14H18N2S. The molecule has 3 heteroatoms. The predicted molar refractivity (Wildman–Crippen MR) is 74.4 cm³/mol. The standard InChI is InChI=1S/C14H18N2S/c1-11(2)15-9-8-13-14(16-10-17-13)12-6-4-3-5-7-12/h3-7,10-11,15H,8-9H2,1-2H3. The zero-order chi connectivity index (χ0) is 12.1. The lowest BCUT2D eigenvalue weighted by atomic mass is 10.1. The molecule has 0 amide bonds. The summed E-state index contributed by atoms with van der Waals surface area (Å²) in [5.41, 5.74) is 4.29. The second-order valence-corrected chi connectivity index (χ2v) is 5.29. The first-order chi connectivity index (χ1) is 8.27. The van der Waals surface area contributed by atoms with Crippen LogP contribution in [0.15, 0.2) is 35.8 Å². The Balaban J connectivity index is 2.07. The highest BCUT2D eigenvalue weighted by Crippen LogP contribution is 2.25. The number of aromatic nitrogens is 1. The van der Waals surface area contributed by atoms with E-state index in [2.05, 4.69) is 48.4 Å². The number of hydrogen-bond donors (Lipinski definition) is 1. The van der Waals surface area contributed by atoms with E-state index in [1.807, 2.05) is 11.6 Å². The van der Waals surface area contributed by atoms with Gasteiger partial charge in [-0.25, -0.2) is 4.98 Å². The van der Waals surface area contributed by atoms with E-state index in [0.717, 1.165) is 18.7 Å². The summed E-state index contributed by atoms with van der Waals surface area (Å²) in [4.78, 5) is 5.84. The minimum atomic E-state index is 0.545. The fraction of sp³-hybridized carbons (Fsp3) is 0.357. The molecule has 17 heavy (non-hydrogen) atoms. The van der Waals surface area contributed by atoms with Gasteiger partial charge in [-0.05, 0) is 6.42 Å². The molecule has 0 saturated carbocycles. The van der Waals surface area contributed by atoms with E-state index in [9.17, 15) is 0 Å². The molecule has 1 heterocycles. The lowest BCUT2D eigenvalue weighted by Crippen LogP contribution is -2.24. The van der Waals surface area contributed by atoms with Crippen molar-refractivity contribution in [2.75, 3.05) is 6.54 Å². The molecule has 90 valence electrons. The van der Waals surface area contributed by atoms with Crippen LogP contribution in [0.2, 0.25) is 0 Å². The average molecular weight is 246 g/mol. The topological polar surface area (TPSA) is 24.9 Å². The Bertz CT molecular complexity index is 448. The second kappa shape index (κ2) is 5.94. The number of nitrogens with one attached hydrogen (secondary N) is 1. The number of benzene rings is 1. The summed E-state index contributed by atoms with van der Waals surface area (Å²) in [7, 11) is 0. The van der Waals surface area contributed by atoms with Crippen molar-refractivity contribution in [3.8, 4) is 11.3 Å². The Labute approximate surface area is 107 Å². The fourth-order valence-corrected chi connectivity index (χ4v) is 2.54. The summed E-state index contributed by atoms with van der Waals surface area (Å²) in [5, 5.41) is 3.44. The summed E-state index contributed by atoms with van der Waals surface area (Å²) < 4.78 is 0. The molecule has 1 aromatic carbocycles. The first-order valence-corrected chi connectivity index (χ1v) is 6.86. The predicted octanol–water partition coefficient (Wildman–Crippen LogP) is 3.35. The molecule has 0 radical (unpaired) electrons. The van der Waals surface area contributed by atoms with Crippen molar-refractivity contribution < 1.29 is 0 Å². The Morgan fingerprint density at radius 3 is 2.71 bits per heavy atom. The van der Waals surface area contributed by atoms with Gasteiger partial charge in [0.05, 0.1) is 11.2 Å². The molecule has 1 aromatic heterocycles. The second-order valence-electron chi connectivity index (χ2n) is 4.35. The van der Waals surface area contributed by atoms with Gasteiger partial charge < -0.3 is 5.32 Å². The number of hydrogen-bond acceptors (Lipinski definition) is 3. The minimum Gasteiger partial charge on any atom is -0.314 e. The molecule has 0 fully saturated rings. The Hall–Kier alpha value is -1.19. The summed E-state index contributed by atoms with van der Waals surface area (Å²) in [6, 6.07) is 10.9. The summed E-state index contributed by atoms with van der Waals surface area (Å²) in [6.07, 6.45) is 1.05. The third-order valence-corrected chi connectivity index (χ3v) is 3.49. The van der Waals surface area contributed by atoms with Gasteiger partial charge in [0.2, 0.25) is 0 Å². The maximum absolute atomic E-state index is 4.47. The number of thiazole rings is 1. The monoisotopic (exact) mass is 246 g/mol. The lowest BCUT2D eigenvalue weighted by molar-refractivity contribution is 0.592. The third-order valence-electron chi connectivity index (χ3n) is 2.59. The molecule has 2 rings (SSSR count). The van der Waals surface area contributed by atoms with Crippen molar-refractivity contribution in [3.63, 3.8) is 0 Å². The van der Waals surface area contributed by atoms with E-state index in [4.69, 9.17) is 0 Å². The molecule has 0 aliphatic rings. The quantitative estimate of drug-likeness (QED) is 0.875. The van der Waals surface area contributed by atoms with Gasteiger partial charge in [0.15, 0.2) is 0 Å². The van der Waals surface area contributed by atoms with Gasteiger partial charge in [-0.15, -0.1) is 11.3 Å². The molecular weight excluding hydrogens is 228 g/mol. The van der Waals surface area contributed by atoms with Crippen molar-refractivity contribution in [2.45, 2.75) is 26.3 Å². The van der Waals surface area contributed by atoms with Crippen molar-refractivity contribution in [3.05, 3.63) is 40.7 Å². The fourth-order valence-electron chi connectivity index (χ4n) is 1.75. The SMILES string of the molecule is CC(C)NCCc1scnc1-c1ccccc1. The first-order valence-electron chi connectivity index (χ1n) is 5.98. The van der Waals surface area contributed by atoms with Gasteiger partial charge in [0.25, 0.3) is 0 Å². The highest BCUT2D eigenvalue weighted by molar-refractivity contribution is 7.10. The maximum atomic E-state index is 4.47. The van der Waals surface area contributed by atoms with Crippen molar-refractivity contribution >= 4 is 11.3 Å². The van der Waals surface area contributed by atoms with Gasteiger partial charge in [-0.1, -0.05) is 44.2 Å². The Morgan fingerprint density at radius 1 is 1.24 bits per heavy atom. The van der Waals surface area contributed by atoms with Gasteiger partial charge >= 0.3 is 0 Å². The van der Waals surface area contributed by atoms with Crippen LogP contribution in [0.3, 0.4) is 0 Å². The van der Waals surface area contributed by atoms with Crippen LogP contribution in [-0.2, 0) is 6.42 Å². The van der Waals surface area contributed by atoms with E-state index in [0.29, 0.717) is 6.04 Å². The van der Waals surface area contributed by atoms with E-state index in [-0.39, 0.29) is 0 Å². The zero-order valence-electron chi connectivity index (χ0n) is 10.3. The van der Waals surface area contributed by atoms with E-state index in [1.54, 1.807) is 11.3 Å². The van der Waals surface area contributed by atoms with Crippen LogP contribution in [0.25, 0.3) is 11.3 Å². The van der Waals surface area contributed by atoms with E-state index in [1.165, 1.54) is 10.4 Å². The molecule has 0 spiro atoms. The molecule has 0 aliphatic carbocycles. The van der Waals surface area contributed by atoms with Crippen molar-refractivity contribution in [1.29, 1.82) is 0 Å². The Kier molecular flexibility index (Phi) is 4.29. The highest BCUT2D eigenvalue weighted by atomic mass is 32.1. The van der Waals surface area contributed by atoms with Gasteiger partial charge in [-0.3, -0.25) is 0 Å². The van der Waals surface area contributed by atoms with Crippen molar-refractivity contribution in [1.82, 2.24) is 10.3 Å². The molecule has 0 aliphatic heterocycles.